The second-order valence-corrected chi connectivity index (χ2v) is 5.73. The minimum absolute atomic E-state index is 0.287. The molecule has 0 radical (unpaired) electrons. The molecule has 2 aromatic carbocycles. The van der Waals surface area contributed by atoms with Crippen molar-refractivity contribution in [2.45, 2.75) is 31.8 Å². The Bertz CT molecular complexity index is 612. The van der Waals surface area contributed by atoms with Crippen molar-refractivity contribution in [3.05, 3.63) is 70.0 Å². The van der Waals surface area contributed by atoms with E-state index in [0.717, 1.165) is 24.8 Å². The van der Waals surface area contributed by atoms with E-state index in [1.807, 2.05) is 0 Å². The van der Waals surface area contributed by atoms with Crippen molar-refractivity contribution in [1.82, 2.24) is 5.32 Å². The van der Waals surface area contributed by atoms with Gasteiger partial charge in [0.2, 0.25) is 0 Å². The molecule has 3 rings (SSSR count). The van der Waals surface area contributed by atoms with Crippen molar-refractivity contribution in [3.63, 3.8) is 0 Å². The summed E-state index contributed by atoms with van der Waals surface area (Å²) in [5, 5.41) is 4.03. The van der Waals surface area contributed by atoms with Gasteiger partial charge in [-0.2, -0.15) is 0 Å². The Kier molecular flexibility index (Phi) is 4.04. The predicted molar refractivity (Wildman–Crippen MR) is 80.5 cm³/mol. The zero-order valence-corrected chi connectivity index (χ0v) is 12.0. The molecule has 0 bridgehead atoms. The van der Waals surface area contributed by atoms with Crippen molar-refractivity contribution >= 4 is 11.6 Å². The van der Waals surface area contributed by atoms with Crippen LogP contribution < -0.4 is 5.32 Å². The Morgan fingerprint density at radius 2 is 1.95 bits per heavy atom. The van der Waals surface area contributed by atoms with Crippen LogP contribution in [0.5, 0.6) is 0 Å². The molecule has 20 heavy (non-hydrogen) atoms. The molecule has 104 valence electrons. The predicted octanol–water partition coefficient (Wildman–Crippen LogP) is 4.13. The van der Waals surface area contributed by atoms with Crippen LogP contribution in [0.1, 0.15) is 23.1 Å². The van der Waals surface area contributed by atoms with Gasteiger partial charge in [0.1, 0.15) is 5.82 Å². The lowest BCUT2D eigenvalue weighted by molar-refractivity contribution is 0.457. The first-order valence-corrected chi connectivity index (χ1v) is 7.34. The Hall–Kier alpha value is -1.38. The van der Waals surface area contributed by atoms with Gasteiger partial charge in [0.15, 0.2) is 0 Å². The maximum Gasteiger partial charge on any atom is 0.124 e. The summed E-state index contributed by atoms with van der Waals surface area (Å²) in [6.45, 7) is 0.686. The summed E-state index contributed by atoms with van der Waals surface area (Å²) in [5.74, 6) is -0.287. The highest BCUT2D eigenvalue weighted by Gasteiger charge is 2.17. The van der Waals surface area contributed by atoms with Crippen molar-refractivity contribution in [3.8, 4) is 0 Å². The lowest BCUT2D eigenvalue weighted by Crippen LogP contribution is -2.34. The minimum Gasteiger partial charge on any atom is -0.310 e. The second-order valence-electron chi connectivity index (χ2n) is 5.33. The van der Waals surface area contributed by atoms with E-state index in [-0.39, 0.29) is 5.82 Å². The Morgan fingerprint density at radius 1 is 1.15 bits per heavy atom. The van der Waals surface area contributed by atoms with E-state index in [1.165, 1.54) is 23.3 Å². The van der Waals surface area contributed by atoms with E-state index in [4.69, 9.17) is 11.6 Å². The van der Waals surface area contributed by atoms with E-state index >= 15 is 0 Å². The third-order valence-electron chi connectivity index (χ3n) is 3.94. The smallest absolute Gasteiger partial charge is 0.124 e. The van der Waals surface area contributed by atoms with E-state index in [1.54, 1.807) is 6.07 Å². The standard InChI is InChI=1S/C17H17ClFN/c18-17-10-15(19)7-5-14(17)11-20-16-8-6-12-3-1-2-4-13(12)9-16/h1-5,7,10,16,20H,6,8-9,11H2. The summed E-state index contributed by atoms with van der Waals surface area (Å²) in [6, 6.07) is 13.7. The SMILES string of the molecule is Fc1ccc(CNC2CCc3ccccc3C2)c(Cl)c1. The van der Waals surface area contributed by atoms with E-state index in [2.05, 4.69) is 29.6 Å². The first kappa shape index (κ1) is 13.6. The van der Waals surface area contributed by atoms with Crippen LogP contribution in [0.2, 0.25) is 5.02 Å². The fraction of sp³-hybridized carbons (Fsp3) is 0.294. The highest BCUT2D eigenvalue weighted by atomic mass is 35.5. The molecule has 1 nitrogen and oxygen atoms in total. The van der Waals surface area contributed by atoms with Crippen LogP contribution in [-0.4, -0.2) is 6.04 Å². The van der Waals surface area contributed by atoms with E-state index in [9.17, 15) is 4.39 Å². The third kappa shape index (κ3) is 3.02. The molecule has 1 aliphatic carbocycles. The van der Waals surface area contributed by atoms with Gasteiger partial charge in [0.05, 0.1) is 0 Å². The molecular weight excluding hydrogens is 273 g/mol. The van der Waals surface area contributed by atoms with Gasteiger partial charge in [-0.1, -0.05) is 41.9 Å². The number of rotatable bonds is 3. The fourth-order valence-electron chi connectivity index (χ4n) is 2.79. The monoisotopic (exact) mass is 289 g/mol. The average molecular weight is 290 g/mol. The maximum atomic E-state index is 13.0. The normalized spacial score (nSPS) is 17.8. The molecule has 3 heteroatoms. The summed E-state index contributed by atoms with van der Waals surface area (Å²) in [4.78, 5) is 0. The lowest BCUT2D eigenvalue weighted by Gasteiger charge is -2.25. The van der Waals surface area contributed by atoms with Crippen molar-refractivity contribution < 1.29 is 4.39 Å². The van der Waals surface area contributed by atoms with Gasteiger partial charge in [-0.25, -0.2) is 4.39 Å². The second kappa shape index (κ2) is 5.94. The molecule has 0 aliphatic heterocycles. The highest BCUT2D eigenvalue weighted by molar-refractivity contribution is 6.31. The highest BCUT2D eigenvalue weighted by Crippen LogP contribution is 2.22. The number of nitrogens with one attached hydrogen (secondary N) is 1. The molecule has 0 heterocycles. The number of benzene rings is 2. The van der Waals surface area contributed by atoms with Gasteiger partial charge < -0.3 is 5.32 Å². The summed E-state index contributed by atoms with van der Waals surface area (Å²) in [5.41, 5.74) is 3.85. The van der Waals surface area contributed by atoms with Crippen molar-refractivity contribution in [1.29, 1.82) is 0 Å². The quantitative estimate of drug-likeness (QED) is 0.896. The molecule has 0 spiro atoms. The number of halogens is 2. The number of hydrogen-bond acceptors (Lipinski definition) is 1. The van der Waals surface area contributed by atoms with Crippen LogP contribution in [0.25, 0.3) is 0 Å². The number of hydrogen-bond donors (Lipinski definition) is 1. The Balaban J connectivity index is 1.63. The first-order valence-electron chi connectivity index (χ1n) is 6.96. The summed E-state index contributed by atoms with van der Waals surface area (Å²) in [6.07, 6.45) is 3.30. The molecule has 0 fully saturated rings. The van der Waals surface area contributed by atoms with Crippen LogP contribution in [0.4, 0.5) is 4.39 Å². The Labute approximate surface area is 123 Å². The Morgan fingerprint density at radius 3 is 2.75 bits per heavy atom. The van der Waals surface area contributed by atoms with Crippen LogP contribution in [0.15, 0.2) is 42.5 Å². The third-order valence-corrected chi connectivity index (χ3v) is 4.29. The number of fused-ring (bicyclic) bond motifs is 1. The molecule has 0 saturated heterocycles. The van der Waals surface area contributed by atoms with Crippen molar-refractivity contribution in [2.24, 2.45) is 0 Å². The molecule has 0 saturated carbocycles. The summed E-state index contributed by atoms with van der Waals surface area (Å²) < 4.78 is 13.0. The number of aryl methyl sites for hydroxylation is 1. The van der Waals surface area contributed by atoms with Gasteiger partial charge in [0, 0.05) is 17.6 Å². The van der Waals surface area contributed by atoms with Gasteiger partial charge >= 0.3 is 0 Å². The molecule has 0 aromatic heterocycles. The zero-order valence-electron chi connectivity index (χ0n) is 11.2. The fourth-order valence-corrected chi connectivity index (χ4v) is 3.03. The molecule has 1 unspecified atom stereocenters. The molecule has 1 aliphatic rings. The minimum atomic E-state index is -0.287. The summed E-state index contributed by atoms with van der Waals surface area (Å²) in [7, 11) is 0. The molecule has 1 N–H and O–H groups in total. The van der Waals surface area contributed by atoms with Gasteiger partial charge in [-0.3, -0.25) is 0 Å². The van der Waals surface area contributed by atoms with Crippen LogP contribution in [-0.2, 0) is 19.4 Å². The molecule has 1 atom stereocenters. The summed E-state index contributed by atoms with van der Waals surface area (Å²) >= 11 is 6.05. The molecular formula is C17H17ClFN. The largest absolute Gasteiger partial charge is 0.310 e. The maximum absolute atomic E-state index is 13.0. The first-order chi connectivity index (χ1) is 9.72. The van der Waals surface area contributed by atoms with Crippen LogP contribution >= 0.6 is 11.6 Å². The van der Waals surface area contributed by atoms with E-state index < -0.39 is 0 Å². The lowest BCUT2D eigenvalue weighted by atomic mass is 9.88. The van der Waals surface area contributed by atoms with Gasteiger partial charge in [-0.05, 0) is 48.1 Å². The molecule has 0 amide bonds. The van der Waals surface area contributed by atoms with Crippen LogP contribution in [0.3, 0.4) is 0 Å². The van der Waals surface area contributed by atoms with Gasteiger partial charge in [0.25, 0.3) is 0 Å². The zero-order chi connectivity index (χ0) is 13.9. The molecule has 2 aromatic rings. The average Bonchev–Trinajstić information content (AvgIpc) is 2.46. The van der Waals surface area contributed by atoms with Crippen molar-refractivity contribution in [2.75, 3.05) is 0 Å². The van der Waals surface area contributed by atoms with Crippen LogP contribution in [0, 0.1) is 5.82 Å². The topological polar surface area (TPSA) is 12.0 Å². The van der Waals surface area contributed by atoms with Gasteiger partial charge in [-0.15, -0.1) is 0 Å². The van der Waals surface area contributed by atoms with E-state index in [0.29, 0.717) is 17.6 Å².